The Labute approximate surface area is 116 Å². The second-order valence-electron chi connectivity index (χ2n) is 4.77. The van der Waals surface area contributed by atoms with Gasteiger partial charge in [-0.05, 0) is 42.5 Å². The normalized spacial score (nSPS) is 12.9. The summed E-state index contributed by atoms with van der Waals surface area (Å²) in [5, 5.41) is 2.11. The summed E-state index contributed by atoms with van der Waals surface area (Å²) in [5.41, 5.74) is 9.45. The van der Waals surface area contributed by atoms with Crippen molar-refractivity contribution < 1.29 is 0 Å². The summed E-state index contributed by atoms with van der Waals surface area (Å²) in [6.45, 7) is 4.26. The maximum absolute atomic E-state index is 6.14. The molecule has 98 valence electrons. The third kappa shape index (κ3) is 2.02. The van der Waals surface area contributed by atoms with E-state index in [1.807, 2.05) is 0 Å². The van der Waals surface area contributed by atoms with E-state index in [4.69, 9.17) is 5.73 Å². The molecule has 2 heterocycles. The zero-order valence-corrected chi connectivity index (χ0v) is 11.9. The van der Waals surface area contributed by atoms with Crippen LogP contribution in [0.25, 0.3) is 11.0 Å². The fourth-order valence-corrected chi connectivity index (χ4v) is 3.45. The molecular formula is C15H17N3S. The third-order valence-electron chi connectivity index (χ3n) is 3.44. The number of rotatable bonds is 3. The molecule has 1 aromatic carbocycles. The Morgan fingerprint density at radius 1 is 1.37 bits per heavy atom. The number of hydrogen-bond acceptors (Lipinski definition) is 3. The summed E-state index contributed by atoms with van der Waals surface area (Å²) in [5.74, 6) is 0.598. The number of nitrogen functional groups attached to an aromatic ring is 1. The molecule has 1 unspecified atom stereocenters. The van der Waals surface area contributed by atoms with Crippen LogP contribution in [0, 0.1) is 6.92 Å². The highest BCUT2D eigenvalue weighted by Crippen LogP contribution is 2.32. The van der Waals surface area contributed by atoms with E-state index in [2.05, 4.69) is 59.1 Å². The Balaban J connectivity index is 2.21. The van der Waals surface area contributed by atoms with Crippen molar-refractivity contribution in [3.63, 3.8) is 0 Å². The average molecular weight is 271 g/mol. The van der Waals surface area contributed by atoms with Crippen LogP contribution in [-0.2, 0) is 0 Å². The monoisotopic (exact) mass is 271 g/mol. The lowest BCUT2D eigenvalue weighted by atomic mass is 10.1. The maximum Gasteiger partial charge on any atom is 0.201 e. The molecule has 0 aliphatic rings. The lowest BCUT2D eigenvalue weighted by Gasteiger charge is -2.17. The number of anilines is 1. The van der Waals surface area contributed by atoms with E-state index in [-0.39, 0.29) is 6.04 Å². The first-order valence-electron chi connectivity index (χ1n) is 6.48. The van der Waals surface area contributed by atoms with Crippen molar-refractivity contribution in [1.29, 1.82) is 0 Å². The van der Waals surface area contributed by atoms with Crippen molar-refractivity contribution in [2.75, 3.05) is 5.73 Å². The van der Waals surface area contributed by atoms with Crippen LogP contribution in [0.3, 0.4) is 0 Å². The summed E-state index contributed by atoms with van der Waals surface area (Å²) in [6.07, 6.45) is 1.00. The van der Waals surface area contributed by atoms with E-state index < -0.39 is 0 Å². The largest absolute Gasteiger partial charge is 0.369 e. The van der Waals surface area contributed by atoms with Gasteiger partial charge < -0.3 is 10.3 Å². The molecule has 0 saturated carbocycles. The first-order chi connectivity index (χ1) is 9.20. The summed E-state index contributed by atoms with van der Waals surface area (Å²) in [4.78, 5) is 5.83. The zero-order chi connectivity index (χ0) is 13.4. The average Bonchev–Trinajstić information content (AvgIpc) is 2.99. The highest BCUT2D eigenvalue weighted by Gasteiger charge is 2.18. The lowest BCUT2D eigenvalue weighted by molar-refractivity contribution is 0.599. The molecule has 0 aliphatic carbocycles. The first kappa shape index (κ1) is 12.2. The molecule has 3 nitrogen and oxygen atoms in total. The highest BCUT2D eigenvalue weighted by molar-refractivity contribution is 7.10. The Kier molecular flexibility index (Phi) is 3.03. The number of aromatic nitrogens is 2. The Morgan fingerprint density at radius 3 is 2.89 bits per heavy atom. The van der Waals surface area contributed by atoms with Gasteiger partial charge in [0.1, 0.15) is 0 Å². The highest BCUT2D eigenvalue weighted by atomic mass is 32.1. The molecule has 0 spiro atoms. The number of imidazole rings is 1. The molecule has 3 rings (SSSR count). The van der Waals surface area contributed by atoms with Gasteiger partial charge in [0.2, 0.25) is 5.95 Å². The number of benzene rings is 1. The van der Waals surface area contributed by atoms with Crippen LogP contribution < -0.4 is 5.73 Å². The van der Waals surface area contributed by atoms with Gasteiger partial charge >= 0.3 is 0 Å². The molecule has 19 heavy (non-hydrogen) atoms. The summed E-state index contributed by atoms with van der Waals surface area (Å²) in [7, 11) is 0. The number of hydrogen-bond donors (Lipinski definition) is 1. The molecule has 1 atom stereocenters. The molecule has 0 saturated heterocycles. The molecule has 0 radical (unpaired) electrons. The first-order valence-corrected chi connectivity index (χ1v) is 7.36. The predicted molar refractivity (Wildman–Crippen MR) is 81.6 cm³/mol. The molecule has 2 N–H and O–H groups in total. The zero-order valence-electron chi connectivity index (χ0n) is 11.1. The molecule has 0 fully saturated rings. The van der Waals surface area contributed by atoms with Gasteiger partial charge in [-0.25, -0.2) is 4.98 Å². The van der Waals surface area contributed by atoms with Crippen molar-refractivity contribution in [2.45, 2.75) is 26.3 Å². The summed E-state index contributed by atoms with van der Waals surface area (Å²) in [6, 6.07) is 10.8. The Bertz CT molecular complexity index is 698. The molecule has 4 heteroatoms. The Morgan fingerprint density at radius 2 is 2.21 bits per heavy atom. The van der Waals surface area contributed by atoms with Crippen LogP contribution in [0.1, 0.15) is 29.8 Å². The van der Waals surface area contributed by atoms with Gasteiger partial charge in [0, 0.05) is 4.88 Å². The minimum atomic E-state index is 0.271. The van der Waals surface area contributed by atoms with Gasteiger partial charge in [0.15, 0.2) is 0 Å². The fourth-order valence-electron chi connectivity index (χ4n) is 2.55. The van der Waals surface area contributed by atoms with Crippen LogP contribution in [0.2, 0.25) is 0 Å². The van der Waals surface area contributed by atoms with Gasteiger partial charge in [0.25, 0.3) is 0 Å². The molecule has 2 aromatic heterocycles. The van der Waals surface area contributed by atoms with Gasteiger partial charge in [-0.3, -0.25) is 0 Å². The maximum atomic E-state index is 6.14. The minimum absolute atomic E-state index is 0.271. The lowest BCUT2D eigenvalue weighted by Crippen LogP contribution is -2.11. The number of aryl methyl sites for hydroxylation is 1. The third-order valence-corrected chi connectivity index (χ3v) is 4.42. The van der Waals surface area contributed by atoms with Crippen molar-refractivity contribution in [3.05, 3.63) is 46.2 Å². The molecule has 0 bridgehead atoms. The minimum Gasteiger partial charge on any atom is -0.369 e. The topological polar surface area (TPSA) is 43.8 Å². The standard InChI is InChI=1S/C15H17N3S/c1-3-12(14-5-4-8-19-14)18-13-7-6-10(2)9-11(13)17-15(18)16/h4-9,12H,3H2,1-2H3,(H2,16,17). The van der Waals surface area contributed by atoms with E-state index in [1.54, 1.807) is 11.3 Å². The van der Waals surface area contributed by atoms with Crippen molar-refractivity contribution >= 4 is 28.3 Å². The number of thiophene rings is 1. The molecular weight excluding hydrogens is 254 g/mol. The van der Waals surface area contributed by atoms with E-state index >= 15 is 0 Å². The van der Waals surface area contributed by atoms with Crippen LogP contribution in [0.15, 0.2) is 35.7 Å². The van der Waals surface area contributed by atoms with Crippen LogP contribution in [0.5, 0.6) is 0 Å². The van der Waals surface area contributed by atoms with Crippen molar-refractivity contribution in [1.82, 2.24) is 9.55 Å². The van der Waals surface area contributed by atoms with Gasteiger partial charge in [-0.2, -0.15) is 0 Å². The summed E-state index contributed by atoms with van der Waals surface area (Å²) >= 11 is 1.77. The van der Waals surface area contributed by atoms with Gasteiger partial charge in [-0.1, -0.05) is 19.1 Å². The summed E-state index contributed by atoms with van der Waals surface area (Å²) < 4.78 is 2.15. The number of nitrogens with zero attached hydrogens (tertiary/aromatic N) is 2. The van der Waals surface area contributed by atoms with E-state index in [9.17, 15) is 0 Å². The molecule has 3 aromatic rings. The van der Waals surface area contributed by atoms with E-state index in [1.165, 1.54) is 10.4 Å². The van der Waals surface area contributed by atoms with Crippen LogP contribution in [-0.4, -0.2) is 9.55 Å². The Hall–Kier alpha value is -1.81. The molecule has 0 aliphatic heterocycles. The van der Waals surface area contributed by atoms with Gasteiger partial charge in [-0.15, -0.1) is 11.3 Å². The van der Waals surface area contributed by atoms with Crippen LogP contribution in [0.4, 0.5) is 5.95 Å². The number of nitrogens with two attached hydrogens (primary N) is 1. The smallest absolute Gasteiger partial charge is 0.201 e. The predicted octanol–water partition coefficient (Wildman–Crippen LogP) is 3.99. The van der Waals surface area contributed by atoms with Crippen LogP contribution >= 0.6 is 11.3 Å². The van der Waals surface area contributed by atoms with E-state index in [0.717, 1.165) is 17.5 Å². The van der Waals surface area contributed by atoms with Crippen molar-refractivity contribution in [3.8, 4) is 0 Å². The number of fused-ring (bicyclic) bond motifs is 1. The van der Waals surface area contributed by atoms with Gasteiger partial charge in [0.05, 0.1) is 17.1 Å². The SMILES string of the molecule is CCC(c1cccs1)n1c(N)nc2cc(C)ccc21. The van der Waals surface area contributed by atoms with E-state index in [0.29, 0.717) is 5.95 Å². The second kappa shape index (κ2) is 4.70. The molecule has 0 amide bonds. The quantitative estimate of drug-likeness (QED) is 0.782. The van der Waals surface area contributed by atoms with Crippen molar-refractivity contribution in [2.24, 2.45) is 0 Å². The fraction of sp³-hybridized carbons (Fsp3) is 0.267. The second-order valence-corrected chi connectivity index (χ2v) is 5.75.